The zero-order valence-corrected chi connectivity index (χ0v) is 16.0. The first-order valence-corrected chi connectivity index (χ1v) is 9.13. The third-order valence-corrected chi connectivity index (χ3v) is 4.77. The number of aromatic carboxylic acids is 1. The molecule has 8 nitrogen and oxygen atoms in total. The number of carbonyl (C=O) groups is 2. The summed E-state index contributed by atoms with van der Waals surface area (Å²) in [5, 5.41) is 8.81. The van der Waals surface area contributed by atoms with E-state index in [1.165, 1.54) is 11.5 Å². The number of aromatic nitrogens is 1. The minimum absolute atomic E-state index is 0.0285. The van der Waals surface area contributed by atoms with E-state index in [0.717, 1.165) is 11.1 Å². The van der Waals surface area contributed by atoms with Crippen molar-refractivity contribution in [1.82, 2.24) is 4.57 Å². The Morgan fingerprint density at radius 3 is 2.45 bits per heavy atom. The van der Waals surface area contributed by atoms with Gasteiger partial charge in [0.2, 0.25) is 5.43 Å². The van der Waals surface area contributed by atoms with Crippen LogP contribution in [0.25, 0.3) is 10.9 Å². The van der Waals surface area contributed by atoms with Crippen LogP contribution in [0.2, 0.25) is 0 Å². The number of nitrogens with zero attached hydrogens (tertiary/aromatic N) is 2. The number of hydrogen-bond acceptors (Lipinski definition) is 6. The molecule has 0 aliphatic heterocycles. The van der Waals surface area contributed by atoms with Crippen molar-refractivity contribution in [2.75, 3.05) is 23.7 Å². The van der Waals surface area contributed by atoms with Gasteiger partial charge >= 0.3 is 5.97 Å². The maximum absolute atomic E-state index is 15.6. The Morgan fingerprint density at radius 1 is 1.34 bits per heavy atom. The molecule has 0 spiro atoms. The van der Waals surface area contributed by atoms with Gasteiger partial charge in [0.1, 0.15) is 17.0 Å². The summed E-state index contributed by atoms with van der Waals surface area (Å²) in [6, 6.07) is -0.733. The highest BCUT2D eigenvalue weighted by Crippen LogP contribution is 2.41. The number of carboxylic acid groups (broad SMARTS) is 1. The average molecular weight is 408 g/mol. The van der Waals surface area contributed by atoms with Gasteiger partial charge in [-0.2, -0.15) is 0 Å². The van der Waals surface area contributed by atoms with Crippen LogP contribution in [-0.2, 0) is 4.79 Å². The van der Waals surface area contributed by atoms with Gasteiger partial charge in [-0.25, -0.2) is 13.6 Å². The van der Waals surface area contributed by atoms with Crippen LogP contribution in [0.1, 0.15) is 43.1 Å². The predicted molar refractivity (Wildman–Crippen MR) is 104 cm³/mol. The van der Waals surface area contributed by atoms with Crippen LogP contribution in [-0.4, -0.2) is 40.6 Å². The first-order chi connectivity index (χ1) is 13.5. The van der Waals surface area contributed by atoms with Crippen molar-refractivity contribution in [3.8, 4) is 0 Å². The van der Waals surface area contributed by atoms with Crippen LogP contribution in [0.3, 0.4) is 0 Å². The molecule has 1 fully saturated rings. The molecule has 1 aliphatic rings. The van der Waals surface area contributed by atoms with Crippen molar-refractivity contribution in [3.05, 3.63) is 33.6 Å². The summed E-state index contributed by atoms with van der Waals surface area (Å²) in [7, 11) is 0. The second-order valence-corrected chi connectivity index (χ2v) is 7.49. The zero-order valence-electron chi connectivity index (χ0n) is 16.0. The zero-order chi connectivity index (χ0) is 21.6. The number of benzene rings is 1. The summed E-state index contributed by atoms with van der Waals surface area (Å²) in [6.45, 7) is 2.56. The van der Waals surface area contributed by atoms with Crippen molar-refractivity contribution in [3.63, 3.8) is 0 Å². The summed E-state index contributed by atoms with van der Waals surface area (Å²) in [4.78, 5) is 36.9. The molecule has 3 rings (SSSR count). The topological polar surface area (TPSA) is 132 Å². The van der Waals surface area contributed by atoms with E-state index in [4.69, 9.17) is 11.5 Å². The molecule has 1 saturated carbocycles. The van der Waals surface area contributed by atoms with E-state index in [2.05, 4.69) is 0 Å². The van der Waals surface area contributed by atoms with Crippen molar-refractivity contribution in [1.29, 1.82) is 0 Å². The van der Waals surface area contributed by atoms with Crippen molar-refractivity contribution in [2.24, 2.45) is 5.73 Å². The molecule has 0 bridgehead atoms. The largest absolute Gasteiger partial charge is 0.477 e. The summed E-state index contributed by atoms with van der Waals surface area (Å²) < 4.78 is 32.1. The number of carboxylic acids is 1. The minimum atomic E-state index is -1.51. The van der Waals surface area contributed by atoms with E-state index in [-0.39, 0.29) is 30.4 Å². The third-order valence-electron chi connectivity index (χ3n) is 4.77. The smallest absolute Gasteiger partial charge is 0.341 e. The second-order valence-electron chi connectivity index (χ2n) is 7.49. The molecule has 2 aromatic rings. The van der Waals surface area contributed by atoms with Crippen LogP contribution >= 0.6 is 0 Å². The van der Waals surface area contributed by atoms with E-state index in [1.807, 2.05) is 0 Å². The van der Waals surface area contributed by atoms with Crippen LogP contribution in [0.15, 0.2) is 11.0 Å². The van der Waals surface area contributed by atoms with Crippen LogP contribution < -0.4 is 21.8 Å². The number of nitrogens with two attached hydrogens (primary N) is 2. The Labute approximate surface area is 164 Å². The SMILES string of the molecule is CC(=O)CN(C[C@H](C)N)c1c(F)c(N)c2c(=O)c(C(=O)O)cn(C3CC3)c2c1F. The van der Waals surface area contributed by atoms with Gasteiger partial charge in [0.15, 0.2) is 11.6 Å². The number of Topliss-reactive ketones (excluding diaryl/α,β-unsaturated/α-hetero) is 1. The lowest BCUT2D eigenvalue weighted by Gasteiger charge is -2.28. The molecule has 1 aromatic carbocycles. The summed E-state index contributed by atoms with van der Waals surface area (Å²) in [5.74, 6) is -4.15. The quantitative estimate of drug-likeness (QED) is 0.593. The van der Waals surface area contributed by atoms with E-state index in [9.17, 15) is 19.5 Å². The summed E-state index contributed by atoms with van der Waals surface area (Å²) in [5.41, 5.74) is 8.48. The Bertz CT molecular complexity index is 1080. The maximum Gasteiger partial charge on any atom is 0.341 e. The van der Waals surface area contributed by atoms with Gasteiger partial charge in [-0.3, -0.25) is 9.59 Å². The molecule has 5 N–H and O–H groups in total. The van der Waals surface area contributed by atoms with Gasteiger partial charge in [-0.15, -0.1) is 0 Å². The van der Waals surface area contributed by atoms with Crippen molar-refractivity contribution in [2.45, 2.75) is 38.8 Å². The summed E-state index contributed by atoms with van der Waals surface area (Å²) >= 11 is 0. The fourth-order valence-corrected chi connectivity index (χ4v) is 3.47. The number of nitrogen functional groups attached to an aromatic ring is 1. The minimum Gasteiger partial charge on any atom is -0.477 e. The van der Waals surface area contributed by atoms with E-state index in [0.29, 0.717) is 12.8 Å². The van der Waals surface area contributed by atoms with Crippen LogP contribution in [0.5, 0.6) is 0 Å². The first kappa shape index (κ1) is 20.7. The molecule has 0 amide bonds. The Hall–Kier alpha value is -3.01. The fraction of sp³-hybridized carbons (Fsp3) is 0.421. The monoisotopic (exact) mass is 408 g/mol. The number of hydrogen-bond donors (Lipinski definition) is 3. The van der Waals surface area contributed by atoms with Gasteiger partial charge in [0.05, 0.1) is 23.1 Å². The normalized spacial score (nSPS) is 14.8. The second kappa shape index (κ2) is 7.43. The van der Waals surface area contributed by atoms with Gasteiger partial charge in [-0.05, 0) is 26.7 Å². The molecule has 0 radical (unpaired) electrons. The number of fused-ring (bicyclic) bond motifs is 1. The number of anilines is 2. The lowest BCUT2D eigenvalue weighted by Crippen LogP contribution is -2.39. The third kappa shape index (κ3) is 3.67. The Balaban J connectivity index is 2.41. The molecule has 0 saturated heterocycles. The predicted octanol–water partition coefficient (Wildman–Crippen LogP) is 1.64. The van der Waals surface area contributed by atoms with Gasteiger partial charge in [0, 0.05) is 24.8 Å². The highest BCUT2D eigenvalue weighted by atomic mass is 19.1. The highest BCUT2D eigenvalue weighted by Gasteiger charge is 2.33. The maximum atomic E-state index is 15.6. The first-order valence-electron chi connectivity index (χ1n) is 9.13. The lowest BCUT2D eigenvalue weighted by molar-refractivity contribution is -0.115. The fourth-order valence-electron chi connectivity index (χ4n) is 3.47. The van der Waals surface area contributed by atoms with E-state index >= 15 is 8.78 Å². The molecular formula is C19H22F2N4O4. The molecule has 1 atom stereocenters. The molecule has 1 aliphatic carbocycles. The van der Waals surface area contributed by atoms with Crippen LogP contribution in [0, 0.1) is 11.6 Å². The molecule has 29 heavy (non-hydrogen) atoms. The number of halogens is 2. The molecule has 1 aromatic heterocycles. The number of pyridine rings is 1. The van der Waals surface area contributed by atoms with Crippen molar-refractivity contribution >= 4 is 34.0 Å². The van der Waals surface area contributed by atoms with Crippen LogP contribution in [0.4, 0.5) is 20.2 Å². The van der Waals surface area contributed by atoms with Crippen molar-refractivity contribution < 1.29 is 23.5 Å². The highest BCUT2D eigenvalue weighted by molar-refractivity contribution is 6.00. The number of rotatable bonds is 7. The molecule has 156 valence electrons. The van der Waals surface area contributed by atoms with Gasteiger partial charge < -0.3 is 26.0 Å². The molecular weight excluding hydrogens is 386 g/mol. The molecule has 10 heteroatoms. The summed E-state index contributed by atoms with van der Waals surface area (Å²) in [6.07, 6.45) is 2.37. The standard InChI is InChI=1S/C19H22F2N4O4/c1-8(22)5-24(6-9(2)26)17-13(20)15(23)12-16(14(17)21)25(10-3-4-10)7-11(18(12)27)19(28)29/h7-8,10H,3-6,22-23H2,1-2H3,(H,28,29)/t8-/m0/s1. The Morgan fingerprint density at radius 2 is 1.97 bits per heavy atom. The average Bonchev–Trinajstić information content (AvgIpc) is 3.43. The van der Waals surface area contributed by atoms with Gasteiger partial charge in [0.25, 0.3) is 0 Å². The lowest BCUT2D eigenvalue weighted by atomic mass is 10.1. The van der Waals surface area contributed by atoms with E-state index in [1.54, 1.807) is 6.92 Å². The number of carbonyl (C=O) groups excluding carboxylic acids is 1. The van der Waals surface area contributed by atoms with E-state index < -0.39 is 51.4 Å². The Kier molecular flexibility index (Phi) is 5.31. The molecule has 1 heterocycles. The van der Waals surface area contributed by atoms with Gasteiger partial charge in [-0.1, -0.05) is 0 Å². The number of ketones is 1. The molecule has 0 unspecified atom stereocenters.